The average molecular weight is 507 g/mol. The van der Waals surface area contributed by atoms with E-state index in [9.17, 15) is 14.0 Å². The normalized spacial score (nSPS) is 11.6. The van der Waals surface area contributed by atoms with Gasteiger partial charge >= 0.3 is 12.1 Å². The Bertz CT molecular complexity index is 1390. The highest BCUT2D eigenvalue weighted by atomic mass is 32.2. The first-order valence-corrected chi connectivity index (χ1v) is 11.9. The summed E-state index contributed by atoms with van der Waals surface area (Å²) < 4.78 is 24.7. The van der Waals surface area contributed by atoms with Crippen molar-refractivity contribution in [3.8, 4) is 11.3 Å². The molecule has 1 atom stereocenters. The van der Waals surface area contributed by atoms with E-state index in [2.05, 4.69) is 10.5 Å². The van der Waals surface area contributed by atoms with Crippen LogP contribution in [0.25, 0.3) is 11.3 Å². The second-order valence-corrected chi connectivity index (χ2v) is 9.08. The Morgan fingerprint density at radius 2 is 1.78 bits per heavy atom. The topological polar surface area (TPSA) is 102 Å². The van der Waals surface area contributed by atoms with Crippen molar-refractivity contribution in [3.05, 3.63) is 95.5 Å². The largest absolute Gasteiger partial charge is 0.481 e. The molecule has 3 aromatic carbocycles. The highest BCUT2D eigenvalue weighted by Crippen LogP contribution is 2.35. The number of nitrogens with one attached hydrogen (secondary N) is 1. The molecule has 2 N–H and O–H groups in total. The molecule has 0 saturated carbocycles. The fraction of sp³-hybridized carbons (Fsp3) is 0.148. The third-order valence-corrected chi connectivity index (χ3v) is 6.51. The number of ether oxygens (including phenoxy) is 1. The molecule has 0 saturated heterocycles. The van der Waals surface area contributed by atoms with E-state index in [4.69, 9.17) is 14.4 Å². The summed E-state index contributed by atoms with van der Waals surface area (Å²) in [7, 11) is 0. The summed E-state index contributed by atoms with van der Waals surface area (Å²) in [5.74, 6) is -0.952. The van der Waals surface area contributed by atoms with Gasteiger partial charge in [0.2, 0.25) is 0 Å². The van der Waals surface area contributed by atoms with Gasteiger partial charge < -0.3 is 14.4 Å². The van der Waals surface area contributed by atoms with E-state index in [1.807, 2.05) is 42.5 Å². The van der Waals surface area contributed by atoms with Crippen molar-refractivity contribution in [1.82, 2.24) is 5.16 Å². The Kier molecular flexibility index (Phi) is 7.70. The maximum Gasteiger partial charge on any atom is 0.412 e. The molecule has 4 rings (SSSR count). The fourth-order valence-electron chi connectivity index (χ4n) is 3.60. The number of hydrogen-bond acceptors (Lipinski definition) is 6. The van der Waals surface area contributed by atoms with Gasteiger partial charge in [-0.15, -0.1) is 0 Å². The smallest absolute Gasteiger partial charge is 0.412 e. The quantitative estimate of drug-likeness (QED) is 0.269. The predicted molar refractivity (Wildman–Crippen MR) is 133 cm³/mol. The lowest BCUT2D eigenvalue weighted by Gasteiger charge is -2.15. The number of nitrogens with zero attached hydrogens (tertiary/aromatic N) is 1. The number of rotatable bonds is 8. The molecule has 1 unspecified atom stereocenters. The first-order chi connectivity index (χ1) is 17.3. The molecule has 0 aliphatic rings. The van der Waals surface area contributed by atoms with Gasteiger partial charge in [-0.2, -0.15) is 0 Å². The van der Waals surface area contributed by atoms with E-state index in [0.29, 0.717) is 22.7 Å². The third kappa shape index (κ3) is 5.92. The average Bonchev–Trinajstić information content (AvgIpc) is 3.20. The summed E-state index contributed by atoms with van der Waals surface area (Å²) in [5, 5.41) is 15.9. The van der Waals surface area contributed by atoms with E-state index >= 15 is 0 Å². The second kappa shape index (κ2) is 11.1. The van der Waals surface area contributed by atoms with E-state index in [1.54, 1.807) is 38.1 Å². The van der Waals surface area contributed by atoms with Crippen LogP contribution in [0.15, 0.2) is 87.1 Å². The minimum absolute atomic E-state index is 0.0554. The molecule has 0 radical (unpaired) electrons. The Hall–Kier alpha value is -4.11. The minimum Gasteiger partial charge on any atom is -0.481 e. The van der Waals surface area contributed by atoms with Crippen LogP contribution in [-0.2, 0) is 16.0 Å². The Morgan fingerprint density at radius 3 is 2.50 bits per heavy atom. The zero-order chi connectivity index (χ0) is 25.7. The van der Waals surface area contributed by atoms with Gasteiger partial charge in [-0.3, -0.25) is 10.1 Å². The molecular formula is C27H23FN2O5S. The molecule has 0 fully saturated rings. The number of anilines is 1. The lowest BCUT2D eigenvalue weighted by molar-refractivity contribution is -0.136. The third-order valence-electron chi connectivity index (χ3n) is 5.39. The molecule has 4 aromatic rings. The van der Waals surface area contributed by atoms with E-state index in [1.165, 1.54) is 17.8 Å². The SMILES string of the molecule is Cc1onc(-c2ccc(Sc3ccccc3CC(=O)O)cc2)c1NC(=O)OC(C)c1ccccc1F. The number of hydrogen-bond donors (Lipinski definition) is 2. The lowest BCUT2D eigenvalue weighted by atomic mass is 10.1. The van der Waals surface area contributed by atoms with Crippen LogP contribution in [0, 0.1) is 12.7 Å². The number of amides is 1. The summed E-state index contributed by atoms with van der Waals surface area (Å²) in [6, 6.07) is 20.9. The van der Waals surface area contributed by atoms with Gasteiger partial charge in [-0.1, -0.05) is 65.4 Å². The van der Waals surface area contributed by atoms with Crippen molar-refractivity contribution in [3.63, 3.8) is 0 Å². The van der Waals surface area contributed by atoms with Crippen molar-refractivity contribution in [1.29, 1.82) is 0 Å². The van der Waals surface area contributed by atoms with Gasteiger partial charge in [0.05, 0.1) is 6.42 Å². The molecule has 1 heterocycles. The molecular weight excluding hydrogens is 483 g/mol. The number of carboxylic acids is 1. The van der Waals surface area contributed by atoms with Crippen LogP contribution in [0.4, 0.5) is 14.9 Å². The number of aromatic nitrogens is 1. The van der Waals surface area contributed by atoms with Crippen molar-refractivity contribution >= 4 is 29.5 Å². The number of halogens is 1. The summed E-state index contributed by atoms with van der Waals surface area (Å²) in [5.41, 5.74) is 2.49. The summed E-state index contributed by atoms with van der Waals surface area (Å²) in [6.45, 7) is 3.25. The number of carbonyl (C=O) groups is 2. The Labute approximate surface area is 211 Å². The molecule has 7 nitrogen and oxygen atoms in total. The number of carbonyl (C=O) groups excluding carboxylic acids is 1. The van der Waals surface area contributed by atoms with Crippen molar-refractivity contribution in [2.45, 2.75) is 36.2 Å². The standard InChI is InChI=1S/C27H23FN2O5S/c1-16(21-8-4-5-9-22(21)28)34-27(33)29-25-17(2)35-30-26(25)18-11-13-20(14-12-18)36-23-10-6-3-7-19(23)15-24(31)32/h3-14,16H,15H2,1-2H3,(H,29,33)(H,31,32). The Morgan fingerprint density at radius 1 is 1.08 bits per heavy atom. The van der Waals surface area contributed by atoms with Crippen LogP contribution in [0.2, 0.25) is 0 Å². The van der Waals surface area contributed by atoms with Crippen LogP contribution < -0.4 is 5.32 Å². The van der Waals surface area contributed by atoms with E-state index in [0.717, 1.165) is 15.4 Å². The molecule has 0 spiro atoms. The van der Waals surface area contributed by atoms with Crippen LogP contribution in [0.1, 0.15) is 29.9 Å². The molecule has 0 aliphatic carbocycles. The zero-order valence-electron chi connectivity index (χ0n) is 19.5. The molecule has 9 heteroatoms. The monoisotopic (exact) mass is 506 g/mol. The molecule has 36 heavy (non-hydrogen) atoms. The Balaban J connectivity index is 1.48. The van der Waals surface area contributed by atoms with Gasteiger partial charge in [0.15, 0.2) is 5.76 Å². The van der Waals surface area contributed by atoms with Gasteiger partial charge in [0, 0.05) is 20.9 Å². The molecule has 1 amide bonds. The lowest BCUT2D eigenvalue weighted by Crippen LogP contribution is -2.17. The first kappa shape index (κ1) is 25.0. The van der Waals surface area contributed by atoms with Gasteiger partial charge in [-0.05, 0) is 43.7 Å². The van der Waals surface area contributed by atoms with Crippen LogP contribution >= 0.6 is 11.8 Å². The highest BCUT2D eigenvalue weighted by Gasteiger charge is 2.21. The minimum atomic E-state index is -0.887. The number of benzene rings is 3. The van der Waals surface area contributed by atoms with Crippen LogP contribution in [0.3, 0.4) is 0 Å². The zero-order valence-corrected chi connectivity index (χ0v) is 20.3. The van der Waals surface area contributed by atoms with Crippen LogP contribution in [0.5, 0.6) is 0 Å². The van der Waals surface area contributed by atoms with Crippen molar-refractivity contribution in [2.75, 3.05) is 5.32 Å². The molecule has 1 aromatic heterocycles. The number of aliphatic carboxylic acids is 1. The van der Waals surface area contributed by atoms with Gasteiger partial charge in [0.1, 0.15) is 23.3 Å². The highest BCUT2D eigenvalue weighted by molar-refractivity contribution is 7.99. The first-order valence-electron chi connectivity index (χ1n) is 11.1. The maximum absolute atomic E-state index is 14.0. The number of carboxylic acid groups (broad SMARTS) is 1. The van der Waals surface area contributed by atoms with Gasteiger partial charge in [0.25, 0.3) is 0 Å². The van der Waals surface area contributed by atoms with Crippen molar-refractivity contribution in [2.24, 2.45) is 0 Å². The molecule has 184 valence electrons. The van der Waals surface area contributed by atoms with E-state index in [-0.39, 0.29) is 12.0 Å². The second-order valence-electron chi connectivity index (χ2n) is 7.96. The summed E-state index contributed by atoms with van der Waals surface area (Å²) >= 11 is 1.46. The fourth-order valence-corrected chi connectivity index (χ4v) is 4.54. The molecule has 0 aliphatic heterocycles. The summed E-state index contributed by atoms with van der Waals surface area (Å²) in [4.78, 5) is 25.5. The van der Waals surface area contributed by atoms with Crippen LogP contribution in [-0.4, -0.2) is 22.3 Å². The number of aryl methyl sites for hydroxylation is 1. The maximum atomic E-state index is 14.0. The predicted octanol–water partition coefficient (Wildman–Crippen LogP) is 6.88. The van der Waals surface area contributed by atoms with Crippen molar-refractivity contribution < 1.29 is 28.3 Å². The molecule has 0 bridgehead atoms. The summed E-state index contributed by atoms with van der Waals surface area (Å²) in [6.07, 6.45) is -1.62. The van der Waals surface area contributed by atoms with Gasteiger partial charge in [-0.25, -0.2) is 9.18 Å². The van der Waals surface area contributed by atoms with E-state index < -0.39 is 24.0 Å².